The van der Waals surface area contributed by atoms with Gasteiger partial charge in [-0.25, -0.2) is 8.42 Å². The molecule has 8 heteroatoms. The lowest BCUT2D eigenvalue weighted by molar-refractivity contribution is -0.139. The Balaban J connectivity index is 2.23. The molecular weight excluding hydrogens is 334 g/mol. The molecule has 0 bridgehead atoms. The van der Waals surface area contributed by atoms with Crippen molar-refractivity contribution in [1.82, 2.24) is 4.31 Å². The van der Waals surface area contributed by atoms with E-state index in [0.717, 1.165) is 9.87 Å². The highest BCUT2D eigenvalue weighted by Crippen LogP contribution is 2.25. The molecule has 0 spiro atoms. The van der Waals surface area contributed by atoms with Crippen LogP contribution in [0.15, 0.2) is 29.2 Å². The highest BCUT2D eigenvalue weighted by atomic mass is 32.2. The molecule has 1 heterocycles. The van der Waals surface area contributed by atoms with Crippen LogP contribution in [-0.4, -0.2) is 67.2 Å². The molecule has 1 saturated heterocycles. The van der Waals surface area contributed by atoms with E-state index in [-0.39, 0.29) is 24.6 Å². The smallest absolute Gasteiger partial charge is 0.243 e. The van der Waals surface area contributed by atoms with Crippen molar-refractivity contribution in [3.05, 3.63) is 29.8 Å². The van der Waals surface area contributed by atoms with Crippen LogP contribution >= 0.6 is 0 Å². The summed E-state index contributed by atoms with van der Waals surface area (Å²) in [4.78, 5) is 0.136. The van der Waals surface area contributed by atoms with Crippen molar-refractivity contribution in [3.8, 4) is 0 Å². The fourth-order valence-corrected chi connectivity index (χ4v) is 4.01. The average molecular weight is 359 g/mol. The summed E-state index contributed by atoms with van der Waals surface area (Å²) in [7, 11) is -3.82. The quantitative estimate of drug-likeness (QED) is 0.736. The van der Waals surface area contributed by atoms with Crippen LogP contribution in [0, 0.1) is 6.92 Å². The largest absolute Gasteiger partial charge is 0.394 e. The number of aliphatic hydroxyl groups excluding tert-OH is 2. The Labute approximate surface area is 142 Å². The van der Waals surface area contributed by atoms with Crippen LogP contribution in [0.4, 0.5) is 0 Å². The normalized spacial score (nSPS) is 22.0. The van der Waals surface area contributed by atoms with Crippen molar-refractivity contribution >= 4 is 10.0 Å². The Morgan fingerprint density at radius 3 is 2.46 bits per heavy atom. The van der Waals surface area contributed by atoms with Crippen molar-refractivity contribution in [3.63, 3.8) is 0 Å². The summed E-state index contributed by atoms with van der Waals surface area (Å²) < 4.78 is 38.0. The van der Waals surface area contributed by atoms with Crippen LogP contribution < -0.4 is 0 Å². The predicted octanol–water partition coefficient (Wildman–Crippen LogP) is 0.490. The van der Waals surface area contributed by atoms with Gasteiger partial charge in [0.2, 0.25) is 10.0 Å². The summed E-state index contributed by atoms with van der Waals surface area (Å²) in [5.74, 6) is -0.764. The molecule has 24 heavy (non-hydrogen) atoms. The summed E-state index contributed by atoms with van der Waals surface area (Å²) in [6, 6.07) is 6.48. The molecule has 7 nitrogen and oxygen atoms in total. The van der Waals surface area contributed by atoms with E-state index in [1.165, 1.54) is 12.1 Å². The molecule has 0 unspecified atom stereocenters. The van der Waals surface area contributed by atoms with Gasteiger partial charge in [0.15, 0.2) is 5.79 Å². The summed E-state index contributed by atoms with van der Waals surface area (Å²) in [6.45, 7) is 4.96. The standard InChI is InChI=1S/C16H25NO6S/c1-12-4-6-15(7-5-12)24(20,21)17(8-13(19)10-18)9-14-11-22-16(2,3)23-14/h4-7,13-14,18-19H,8-11H2,1-3H3/t13-,14+/m1/s1. The zero-order valence-corrected chi connectivity index (χ0v) is 15.0. The van der Waals surface area contributed by atoms with Crippen LogP contribution in [-0.2, 0) is 19.5 Å². The van der Waals surface area contributed by atoms with Gasteiger partial charge < -0.3 is 19.7 Å². The minimum Gasteiger partial charge on any atom is -0.394 e. The van der Waals surface area contributed by atoms with Gasteiger partial charge in [-0.1, -0.05) is 17.7 Å². The molecule has 0 aliphatic carbocycles. The number of benzene rings is 1. The number of sulfonamides is 1. The van der Waals surface area contributed by atoms with Gasteiger partial charge in [0.25, 0.3) is 0 Å². The van der Waals surface area contributed by atoms with Gasteiger partial charge in [-0.15, -0.1) is 0 Å². The van der Waals surface area contributed by atoms with E-state index in [1.807, 2.05) is 6.92 Å². The van der Waals surface area contributed by atoms with Gasteiger partial charge in [-0.2, -0.15) is 4.31 Å². The third-order valence-electron chi connectivity index (χ3n) is 3.76. The first-order valence-electron chi connectivity index (χ1n) is 7.81. The topological polar surface area (TPSA) is 96.3 Å². The maximum atomic E-state index is 12.9. The molecule has 2 atom stereocenters. The molecule has 1 aliphatic heterocycles. The summed E-state index contributed by atoms with van der Waals surface area (Å²) in [6.07, 6.45) is -1.60. The number of aryl methyl sites for hydroxylation is 1. The molecule has 2 rings (SSSR count). The van der Waals surface area contributed by atoms with E-state index in [4.69, 9.17) is 14.6 Å². The Morgan fingerprint density at radius 2 is 1.96 bits per heavy atom. The third-order valence-corrected chi connectivity index (χ3v) is 5.60. The van der Waals surface area contributed by atoms with E-state index >= 15 is 0 Å². The lowest BCUT2D eigenvalue weighted by atomic mass is 10.2. The first kappa shape index (κ1) is 19.3. The van der Waals surface area contributed by atoms with Crippen molar-refractivity contribution in [1.29, 1.82) is 0 Å². The van der Waals surface area contributed by atoms with Crippen molar-refractivity contribution < 1.29 is 28.1 Å². The number of hydrogen-bond acceptors (Lipinski definition) is 6. The second kappa shape index (κ2) is 7.47. The van der Waals surface area contributed by atoms with Crippen molar-refractivity contribution in [2.75, 3.05) is 26.3 Å². The number of aliphatic hydroxyl groups is 2. The maximum absolute atomic E-state index is 12.9. The second-order valence-corrected chi connectivity index (χ2v) is 8.36. The van der Waals surface area contributed by atoms with E-state index < -0.39 is 34.6 Å². The Hall–Kier alpha value is -1.03. The monoisotopic (exact) mass is 359 g/mol. The van der Waals surface area contributed by atoms with Gasteiger partial charge in [-0.3, -0.25) is 0 Å². The number of ether oxygens (including phenoxy) is 2. The Kier molecular flexibility index (Phi) is 6.00. The van der Waals surface area contributed by atoms with Crippen LogP contribution in [0.3, 0.4) is 0 Å². The highest BCUT2D eigenvalue weighted by Gasteiger charge is 2.37. The molecule has 0 radical (unpaired) electrons. The number of nitrogens with zero attached hydrogens (tertiary/aromatic N) is 1. The van der Waals surface area contributed by atoms with Gasteiger partial charge in [0, 0.05) is 13.1 Å². The zero-order valence-electron chi connectivity index (χ0n) is 14.2. The molecule has 0 aromatic heterocycles. The molecular formula is C16H25NO6S. The van der Waals surface area contributed by atoms with Gasteiger partial charge in [0.1, 0.15) is 0 Å². The van der Waals surface area contributed by atoms with Crippen molar-refractivity contribution in [2.45, 2.75) is 43.7 Å². The fraction of sp³-hybridized carbons (Fsp3) is 0.625. The first-order chi connectivity index (χ1) is 11.1. The predicted molar refractivity (Wildman–Crippen MR) is 87.9 cm³/mol. The molecule has 2 N–H and O–H groups in total. The molecule has 0 amide bonds. The zero-order chi connectivity index (χ0) is 18.0. The molecule has 1 aliphatic rings. The lowest BCUT2D eigenvalue weighted by Gasteiger charge is -2.26. The Morgan fingerprint density at radius 1 is 1.33 bits per heavy atom. The third kappa shape index (κ3) is 4.75. The van der Waals surface area contributed by atoms with Crippen LogP contribution in [0.1, 0.15) is 19.4 Å². The summed E-state index contributed by atoms with van der Waals surface area (Å²) >= 11 is 0. The van der Waals surface area contributed by atoms with E-state index in [1.54, 1.807) is 26.0 Å². The average Bonchev–Trinajstić information content (AvgIpc) is 2.85. The molecule has 136 valence electrons. The van der Waals surface area contributed by atoms with Gasteiger partial charge in [-0.05, 0) is 32.9 Å². The molecule has 1 fully saturated rings. The summed E-state index contributed by atoms with van der Waals surface area (Å²) in [5, 5.41) is 18.8. The Bertz CT molecular complexity index is 643. The minimum absolute atomic E-state index is 0.0384. The van der Waals surface area contributed by atoms with Crippen LogP contribution in [0.2, 0.25) is 0 Å². The van der Waals surface area contributed by atoms with E-state index in [9.17, 15) is 13.5 Å². The molecule has 0 saturated carbocycles. The second-order valence-electron chi connectivity index (χ2n) is 6.42. The van der Waals surface area contributed by atoms with Gasteiger partial charge in [0.05, 0.1) is 30.3 Å². The van der Waals surface area contributed by atoms with Crippen LogP contribution in [0.25, 0.3) is 0 Å². The highest BCUT2D eigenvalue weighted by molar-refractivity contribution is 7.89. The first-order valence-corrected chi connectivity index (χ1v) is 9.25. The number of rotatable bonds is 7. The van der Waals surface area contributed by atoms with E-state index in [0.29, 0.717) is 0 Å². The minimum atomic E-state index is -3.82. The fourth-order valence-electron chi connectivity index (χ4n) is 2.50. The van der Waals surface area contributed by atoms with Crippen LogP contribution in [0.5, 0.6) is 0 Å². The van der Waals surface area contributed by atoms with Gasteiger partial charge >= 0.3 is 0 Å². The lowest BCUT2D eigenvalue weighted by Crippen LogP contribution is -2.43. The summed E-state index contributed by atoms with van der Waals surface area (Å²) in [5.41, 5.74) is 0.949. The SMILES string of the molecule is Cc1ccc(S(=O)(=O)N(C[C@@H](O)CO)C[C@H]2COC(C)(C)O2)cc1. The van der Waals surface area contributed by atoms with E-state index in [2.05, 4.69) is 0 Å². The molecule has 1 aromatic carbocycles. The number of hydrogen-bond donors (Lipinski definition) is 2. The van der Waals surface area contributed by atoms with Crippen molar-refractivity contribution in [2.24, 2.45) is 0 Å². The molecule has 1 aromatic rings. The maximum Gasteiger partial charge on any atom is 0.243 e.